The summed E-state index contributed by atoms with van der Waals surface area (Å²) >= 11 is 0. The predicted molar refractivity (Wildman–Crippen MR) is 93.6 cm³/mol. The van der Waals surface area contributed by atoms with E-state index in [1.165, 1.54) is 12.1 Å². The first kappa shape index (κ1) is 19.9. The van der Waals surface area contributed by atoms with Gasteiger partial charge in [0, 0.05) is 32.7 Å². The molecule has 4 nitrogen and oxygen atoms in total. The van der Waals surface area contributed by atoms with Crippen LogP contribution in [-0.4, -0.2) is 50.1 Å². The minimum absolute atomic E-state index is 0. The third kappa shape index (κ3) is 5.75. The maximum absolute atomic E-state index is 13.0. The Hall–Kier alpha value is -1.17. The molecule has 0 atom stereocenters. The Kier molecular flexibility index (Phi) is 7.95. The fourth-order valence-corrected chi connectivity index (χ4v) is 2.66. The van der Waals surface area contributed by atoms with Crippen molar-refractivity contribution in [1.82, 2.24) is 15.5 Å². The summed E-state index contributed by atoms with van der Waals surface area (Å²) in [5.41, 5.74) is 0.177. The molecule has 0 radical (unpaired) electrons. The average Bonchev–Trinajstić information content (AvgIpc) is 2.52. The van der Waals surface area contributed by atoms with Crippen LogP contribution in [0.15, 0.2) is 24.3 Å². The standard InChI is InChI=1S/C17H26FN3O.ClH/c1-17(2,14-4-6-15(18)7-5-14)16(22)20-8-3-11-21-12-9-19-10-13-21;/h4-7,19H,3,8-13H2,1-2H3,(H,20,22);1H. The molecule has 130 valence electrons. The molecule has 0 saturated carbocycles. The zero-order valence-electron chi connectivity index (χ0n) is 13.9. The van der Waals surface area contributed by atoms with Crippen LogP contribution in [0.1, 0.15) is 25.8 Å². The van der Waals surface area contributed by atoms with Gasteiger partial charge < -0.3 is 15.5 Å². The number of nitrogens with one attached hydrogen (secondary N) is 2. The first-order valence-corrected chi connectivity index (χ1v) is 7.97. The molecule has 1 heterocycles. The number of benzene rings is 1. The zero-order valence-corrected chi connectivity index (χ0v) is 14.7. The minimum Gasteiger partial charge on any atom is -0.355 e. The molecule has 1 aromatic carbocycles. The average molecular weight is 344 g/mol. The van der Waals surface area contributed by atoms with Gasteiger partial charge in [-0.1, -0.05) is 12.1 Å². The molecule has 0 aromatic heterocycles. The topological polar surface area (TPSA) is 44.4 Å². The summed E-state index contributed by atoms with van der Waals surface area (Å²) in [5, 5.41) is 6.33. The first-order chi connectivity index (χ1) is 10.5. The van der Waals surface area contributed by atoms with Crippen LogP contribution in [0.25, 0.3) is 0 Å². The van der Waals surface area contributed by atoms with Gasteiger partial charge >= 0.3 is 0 Å². The van der Waals surface area contributed by atoms with Crippen LogP contribution >= 0.6 is 12.4 Å². The van der Waals surface area contributed by atoms with Gasteiger partial charge in [0.05, 0.1) is 5.41 Å². The summed E-state index contributed by atoms with van der Waals surface area (Å²) in [6.45, 7) is 9.67. The molecule has 1 saturated heterocycles. The molecule has 0 bridgehead atoms. The van der Waals surface area contributed by atoms with Crippen molar-refractivity contribution < 1.29 is 9.18 Å². The van der Waals surface area contributed by atoms with Crippen LogP contribution < -0.4 is 10.6 Å². The van der Waals surface area contributed by atoms with Gasteiger partial charge in [-0.2, -0.15) is 0 Å². The fraction of sp³-hybridized carbons (Fsp3) is 0.588. The second-order valence-electron chi connectivity index (χ2n) is 6.33. The molecule has 2 N–H and O–H groups in total. The van der Waals surface area contributed by atoms with Crippen LogP contribution in [0.5, 0.6) is 0 Å². The number of rotatable bonds is 6. The SMILES string of the molecule is CC(C)(C(=O)NCCCN1CCNCC1)c1ccc(F)cc1.Cl. The van der Waals surface area contributed by atoms with E-state index >= 15 is 0 Å². The maximum atomic E-state index is 13.0. The van der Waals surface area contributed by atoms with Gasteiger partial charge in [-0.25, -0.2) is 4.39 Å². The van der Waals surface area contributed by atoms with Gasteiger partial charge in [0.25, 0.3) is 0 Å². The zero-order chi connectivity index (χ0) is 16.0. The molecule has 1 aliphatic heterocycles. The molecule has 23 heavy (non-hydrogen) atoms. The van der Waals surface area contributed by atoms with Crippen LogP contribution in [0.2, 0.25) is 0 Å². The Balaban J connectivity index is 0.00000264. The lowest BCUT2D eigenvalue weighted by atomic mass is 9.83. The Bertz CT molecular complexity index is 487. The molecule has 0 aliphatic carbocycles. The van der Waals surface area contributed by atoms with Crippen LogP contribution in [-0.2, 0) is 10.2 Å². The lowest BCUT2D eigenvalue weighted by molar-refractivity contribution is -0.125. The van der Waals surface area contributed by atoms with Crippen molar-refractivity contribution in [3.63, 3.8) is 0 Å². The van der Waals surface area contributed by atoms with Gasteiger partial charge in [0.1, 0.15) is 5.82 Å². The van der Waals surface area contributed by atoms with Crippen molar-refractivity contribution in [2.45, 2.75) is 25.7 Å². The number of hydrogen-bond acceptors (Lipinski definition) is 3. The van der Waals surface area contributed by atoms with E-state index in [9.17, 15) is 9.18 Å². The highest BCUT2D eigenvalue weighted by atomic mass is 35.5. The van der Waals surface area contributed by atoms with E-state index in [-0.39, 0.29) is 24.1 Å². The Morgan fingerprint density at radius 1 is 1.26 bits per heavy atom. The van der Waals surface area contributed by atoms with Gasteiger partial charge in [0.2, 0.25) is 5.91 Å². The van der Waals surface area contributed by atoms with Crippen LogP contribution in [0, 0.1) is 5.82 Å². The molecule has 1 amide bonds. The highest BCUT2D eigenvalue weighted by Gasteiger charge is 2.29. The summed E-state index contributed by atoms with van der Waals surface area (Å²) in [5.74, 6) is -0.296. The summed E-state index contributed by atoms with van der Waals surface area (Å²) in [7, 11) is 0. The maximum Gasteiger partial charge on any atom is 0.230 e. The van der Waals surface area contributed by atoms with Crippen molar-refractivity contribution in [3.8, 4) is 0 Å². The summed E-state index contributed by atoms with van der Waals surface area (Å²) in [6, 6.07) is 6.15. The molecule has 1 aromatic rings. The summed E-state index contributed by atoms with van der Waals surface area (Å²) in [6.07, 6.45) is 0.950. The second kappa shape index (κ2) is 9.21. The number of carbonyl (C=O) groups is 1. The molecule has 0 spiro atoms. The summed E-state index contributed by atoms with van der Waals surface area (Å²) in [4.78, 5) is 14.8. The van der Waals surface area contributed by atoms with E-state index in [0.29, 0.717) is 6.54 Å². The van der Waals surface area contributed by atoms with E-state index in [1.54, 1.807) is 12.1 Å². The van der Waals surface area contributed by atoms with Crippen molar-refractivity contribution >= 4 is 18.3 Å². The lowest BCUT2D eigenvalue weighted by Gasteiger charge is -2.28. The number of carbonyl (C=O) groups excluding carboxylic acids is 1. The largest absolute Gasteiger partial charge is 0.355 e. The van der Waals surface area contributed by atoms with E-state index in [4.69, 9.17) is 0 Å². The highest BCUT2D eigenvalue weighted by molar-refractivity contribution is 5.87. The first-order valence-electron chi connectivity index (χ1n) is 7.97. The molecule has 6 heteroatoms. The molecule has 0 unspecified atom stereocenters. The van der Waals surface area contributed by atoms with Crippen molar-refractivity contribution in [2.24, 2.45) is 0 Å². The molecular formula is C17H27ClFN3O. The smallest absolute Gasteiger partial charge is 0.230 e. The second-order valence-corrected chi connectivity index (χ2v) is 6.33. The fourth-order valence-electron chi connectivity index (χ4n) is 2.66. The monoisotopic (exact) mass is 343 g/mol. The highest BCUT2D eigenvalue weighted by Crippen LogP contribution is 2.23. The molecule has 1 fully saturated rings. The number of hydrogen-bond donors (Lipinski definition) is 2. The minimum atomic E-state index is -0.650. The van der Waals surface area contributed by atoms with Crippen LogP contribution in [0.3, 0.4) is 0 Å². The van der Waals surface area contributed by atoms with Crippen molar-refractivity contribution in [2.75, 3.05) is 39.3 Å². The Labute approximate surface area is 144 Å². The molecule has 2 rings (SSSR count). The number of nitrogens with zero attached hydrogens (tertiary/aromatic N) is 1. The lowest BCUT2D eigenvalue weighted by Crippen LogP contribution is -2.45. The van der Waals surface area contributed by atoms with Crippen LogP contribution in [0.4, 0.5) is 4.39 Å². The van der Waals surface area contributed by atoms with Gasteiger partial charge in [-0.05, 0) is 44.5 Å². The van der Waals surface area contributed by atoms with E-state index < -0.39 is 5.41 Å². The normalized spacial score (nSPS) is 15.8. The summed E-state index contributed by atoms with van der Waals surface area (Å²) < 4.78 is 13.0. The van der Waals surface area contributed by atoms with Gasteiger partial charge in [-0.15, -0.1) is 12.4 Å². The molecule has 1 aliphatic rings. The number of amides is 1. The van der Waals surface area contributed by atoms with Gasteiger partial charge in [-0.3, -0.25) is 4.79 Å². The Morgan fingerprint density at radius 3 is 2.48 bits per heavy atom. The third-order valence-electron chi connectivity index (χ3n) is 4.28. The van der Waals surface area contributed by atoms with Gasteiger partial charge in [0.15, 0.2) is 0 Å². The third-order valence-corrected chi connectivity index (χ3v) is 4.28. The Morgan fingerprint density at radius 2 is 1.87 bits per heavy atom. The predicted octanol–water partition coefficient (Wildman–Crippen LogP) is 1.94. The van der Waals surface area contributed by atoms with E-state index in [2.05, 4.69) is 15.5 Å². The van der Waals surface area contributed by atoms with Crippen molar-refractivity contribution in [1.29, 1.82) is 0 Å². The molecular weight excluding hydrogens is 317 g/mol. The van der Waals surface area contributed by atoms with E-state index in [1.807, 2.05) is 13.8 Å². The number of halogens is 2. The number of piperazine rings is 1. The quantitative estimate of drug-likeness (QED) is 0.776. The van der Waals surface area contributed by atoms with E-state index in [0.717, 1.165) is 44.7 Å². The van der Waals surface area contributed by atoms with Crippen molar-refractivity contribution in [3.05, 3.63) is 35.6 Å².